The molecule has 0 radical (unpaired) electrons. The Morgan fingerprint density at radius 3 is 2.40 bits per heavy atom. The van der Waals surface area contributed by atoms with Crippen molar-refractivity contribution >= 4 is 11.9 Å². The first-order valence-corrected chi connectivity index (χ1v) is 4.96. The molecule has 0 heterocycles. The van der Waals surface area contributed by atoms with E-state index in [0.29, 0.717) is 18.6 Å². The summed E-state index contributed by atoms with van der Waals surface area (Å²) in [4.78, 5) is 22.5. The highest BCUT2D eigenvalue weighted by molar-refractivity contribution is 5.89. The molecule has 0 bridgehead atoms. The molecule has 1 unspecified atom stereocenters. The number of rotatable bonds is 5. The highest BCUT2D eigenvalue weighted by atomic mass is 16.5. The number of hydrogen-bond donors (Lipinski definition) is 0. The van der Waals surface area contributed by atoms with Gasteiger partial charge in [0.05, 0.1) is 19.6 Å². The van der Waals surface area contributed by atoms with Crippen LogP contribution in [0.2, 0.25) is 0 Å². The molecule has 0 aliphatic rings. The van der Waals surface area contributed by atoms with Crippen LogP contribution in [0.5, 0.6) is 0 Å². The minimum absolute atomic E-state index is 0.321. The maximum Gasteiger partial charge on any atom is 0.333 e. The van der Waals surface area contributed by atoms with Gasteiger partial charge in [0.2, 0.25) is 0 Å². The molecule has 0 aliphatic heterocycles. The molecule has 0 saturated heterocycles. The highest BCUT2D eigenvalue weighted by Gasteiger charge is 2.19. The lowest BCUT2D eigenvalue weighted by Crippen LogP contribution is -2.17. The second kappa shape index (κ2) is 7.04. The number of esters is 2. The van der Waals surface area contributed by atoms with E-state index in [4.69, 9.17) is 4.74 Å². The van der Waals surface area contributed by atoms with E-state index in [-0.39, 0.29) is 17.9 Å². The molecule has 0 aromatic heterocycles. The summed E-state index contributed by atoms with van der Waals surface area (Å²) in [7, 11) is 1.33. The molecule has 0 aromatic rings. The van der Waals surface area contributed by atoms with Gasteiger partial charge in [0.15, 0.2) is 0 Å². The molecule has 0 rings (SSSR count). The fourth-order valence-corrected chi connectivity index (χ4v) is 1.16. The molecule has 4 nitrogen and oxygen atoms in total. The maximum absolute atomic E-state index is 11.4. The summed E-state index contributed by atoms with van der Waals surface area (Å²) in [6, 6.07) is 0. The lowest BCUT2D eigenvalue weighted by Gasteiger charge is -2.11. The van der Waals surface area contributed by atoms with Crippen molar-refractivity contribution in [3.8, 4) is 0 Å². The molecule has 0 saturated carbocycles. The average Bonchev–Trinajstić information content (AvgIpc) is 2.24. The Morgan fingerprint density at radius 1 is 1.40 bits per heavy atom. The Morgan fingerprint density at radius 2 is 2.00 bits per heavy atom. The van der Waals surface area contributed by atoms with Crippen LogP contribution in [-0.2, 0) is 19.1 Å². The third-order valence-electron chi connectivity index (χ3n) is 2.02. The van der Waals surface area contributed by atoms with E-state index in [9.17, 15) is 9.59 Å². The van der Waals surface area contributed by atoms with E-state index in [1.807, 2.05) is 0 Å². The van der Waals surface area contributed by atoms with Gasteiger partial charge in [-0.15, -0.1) is 0 Å². The smallest absolute Gasteiger partial charge is 0.333 e. The van der Waals surface area contributed by atoms with Crippen LogP contribution in [0.4, 0.5) is 0 Å². The lowest BCUT2D eigenvalue weighted by molar-refractivity contribution is -0.145. The fourth-order valence-electron chi connectivity index (χ4n) is 1.16. The summed E-state index contributed by atoms with van der Waals surface area (Å²) in [6.45, 7) is 5.54. The van der Waals surface area contributed by atoms with Crippen LogP contribution in [-0.4, -0.2) is 25.7 Å². The van der Waals surface area contributed by atoms with Crippen molar-refractivity contribution in [2.24, 2.45) is 5.92 Å². The third kappa shape index (κ3) is 4.63. The second-order valence-electron chi connectivity index (χ2n) is 3.16. The van der Waals surface area contributed by atoms with E-state index < -0.39 is 0 Å². The molecule has 4 heteroatoms. The van der Waals surface area contributed by atoms with Gasteiger partial charge in [0.25, 0.3) is 0 Å². The minimum Gasteiger partial charge on any atom is -0.469 e. The first-order chi connectivity index (χ1) is 7.06. The van der Waals surface area contributed by atoms with Crippen LogP contribution in [0.3, 0.4) is 0 Å². The van der Waals surface area contributed by atoms with Gasteiger partial charge in [0.1, 0.15) is 0 Å². The molecule has 0 N–H and O–H groups in total. The Bertz CT molecular complexity index is 255. The normalized spacial score (nSPS) is 13.2. The van der Waals surface area contributed by atoms with E-state index in [0.717, 1.165) is 0 Å². The van der Waals surface area contributed by atoms with Gasteiger partial charge in [0, 0.05) is 5.57 Å². The van der Waals surface area contributed by atoms with Crippen LogP contribution in [0.1, 0.15) is 27.2 Å². The second-order valence-corrected chi connectivity index (χ2v) is 3.16. The fraction of sp³-hybridized carbons (Fsp3) is 0.636. The summed E-state index contributed by atoms with van der Waals surface area (Å²) in [6.07, 6.45) is 2.01. The predicted molar refractivity (Wildman–Crippen MR) is 56.2 cm³/mol. The largest absolute Gasteiger partial charge is 0.469 e. The van der Waals surface area contributed by atoms with Gasteiger partial charge >= 0.3 is 11.9 Å². The van der Waals surface area contributed by atoms with Gasteiger partial charge < -0.3 is 9.47 Å². The average molecular weight is 214 g/mol. The quantitative estimate of drug-likeness (QED) is 0.516. The number of carbonyl (C=O) groups excluding carboxylic acids is 2. The van der Waals surface area contributed by atoms with Crippen LogP contribution in [0.15, 0.2) is 11.6 Å². The number of hydrogen-bond acceptors (Lipinski definition) is 4. The Balaban J connectivity index is 4.35. The van der Waals surface area contributed by atoms with Gasteiger partial charge in [-0.1, -0.05) is 13.0 Å². The van der Waals surface area contributed by atoms with Crippen LogP contribution in [0, 0.1) is 5.92 Å². The van der Waals surface area contributed by atoms with Gasteiger partial charge in [-0.25, -0.2) is 4.79 Å². The van der Waals surface area contributed by atoms with Gasteiger partial charge in [-0.3, -0.25) is 4.79 Å². The van der Waals surface area contributed by atoms with E-state index in [1.54, 1.807) is 26.8 Å². The molecule has 15 heavy (non-hydrogen) atoms. The molecular formula is C11H18O4. The molecular weight excluding hydrogens is 196 g/mol. The molecule has 86 valence electrons. The SMILES string of the molecule is C/C=C(\CC(C)C(=O)OC)C(=O)OCC. The van der Waals surface area contributed by atoms with Crippen LogP contribution in [0.25, 0.3) is 0 Å². The first-order valence-electron chi connectivity index (χ1n) is 4.96. The molecule has 0 spiro atoms. The number of ether oxygens (including phenoxy) is 2. The summed E-state index contributed by atoms with van der Waals surface area (Å²) < 4.78 is 9.43. The van der Waals surface area contributed by atoms with Crippen LogP contribution >= 0.6 is 0 Å². The summed E-state index contributed by atoms with van der Waals surface area (Å²) in [5, 5.41) is 0. The number of allylic oxidation sites excluding steroid dienone is 1. The van der Waals surface area contributed by atoms with Crippen LogP contribution < -0.4 is 0 Å². The van der Waals surface area contributed by atoms with Crippen molar-refractivity contribution in [2.75, 3.05) is 13.7 Å². The molecule has 1 atom stereocenters. The van der Waals surface area contributed by atoms with Crippen molar-refractivity contribution in [1.29, 1.82) is 0 Å². The zero-order valence-corrected chi connectivity index (χ0v) is 9.70. The van der Waals surface area contributed by atoms with E-state index in [1.165, 1.54) is 7.11 Å². The Kier molecular flexibility index (Phi) is 6.42. The highest BCUT2D eigenvalue weighted by Crippen LogP contribution is 2.14. The summed E-state index contributed by atoms with van der Waals surface area (Å²) in [5.74, 6) is -1.01. The maximum atomic E-state index is 11.4. The molecule has 0 amide bonds. The Hall–Kier alpha value is -1.32. The van der Waals surface area contributed by atoms with Crippen molar-refractivity contribution in [2.45, 2.75) is 27.2 Å². The van der Waals surface area contributed by atoms with Crippen molar-refractivity contribution < 1.29 is 19.1 Å². The van der Waals surface area contributed by atoms with Crippen molar-refractivity contribution in [1.82, 2.24) is 0 Å². The minimum atomic E-state index is -0.365. The first kappa shape index (κ1) is 13.7. The topological polar surface area (TPSA) is 52.6 Å². The number of methoxy groups -OCH3 is 1. The zero-order chi connectivity index (χ0) is 11.8. The van der Waals surface area contributed by atoms with Gasteiger partial charge in [-0.2, -0.15) is 0 Å². The third-order valence-corrected chi connectivity index (χ3v) is 2.02. The monoisotopic (exact) mass is 214 g/mol. The summed E-state index contributed by atoms with van der Waals surface area (Å²) in [5.41, 5.74) is 0.509. The van der Waals surface area contributed by atoms with Crippen molar-refractivity contribution in [3.63, 3.8) is 0 Å². The standard InChI is InChI=1S/C11H18O4/c1-5-9(11(13)15-6-2)7-8(3)10(12)14-4/h5,8H,6-7H2,1-4H3/b9-5+. The van der Waals surface area contributed by atoms with Gasteiger partial charge in [-0.05, 0) is 20.3 Å². The van der Waals surface area contributed by atoms with Crippen molar-refractivity contribution in [3.05, 3.63) is 11.6 Å². The Labute approximate surface area is 90.2 Å². The lowest BCUT2D eigenvalue weighted by atomic mass is 10.0. The molecule has 0 aromatic carbocycles. The van der Waals surface area contributed by atoms with E-state index in [2.05, 4.69) is 4.74 Å². The predicted octanol–water partition coefficient (Wildman–Crippen LogP) is 1.70. The molecule has 0 fully saturated rings. The zero-order valence-electron chi connectivity index (χ0n) is 9.70. The van der Waals surface area contributed by atoms with E-state index >= 15 is 0 Å². The number of carbonyl (C=O) groups is 2. The molecule has 0 aliphatic carbocycles. The summed E-state index contributed by atoms with van der Waals surface area (Å²) >= 11 is 0.